The third-order valence-corrected chi connectivity index (χ3v) is 4.29. The second-order valence-electron chi connectivity index (χ2n) is 6.18. The summed E-state index contributed by atoms with van der Waals surface area (Å²) >= 11 is 0. The van der Waals surface area contributed by atoms with E-state index in [2.05, 4.69) is 11.2 Å². The fourth-order valence-corrected chi connectivity index (χ4v) is 2.98. The van der Waals surface area contributed by atoms with E-state index in [4.69, 9.17) is 5.73 Å². The van der Waals surface area contributed by atoms with Crippen LogP contribution in [0.25, 0.3) is 16.8 Å². The Morgan fingerprint density at radius 1 is 1.00 bits per heavy atom. The molecule has 0 unspecified atom stereocenters. The predicted octanol–water partition coefficient (Wildman–Crippen LogP) is 3.83. The van der Waals surface area contributed by atoms with Gasteiger partial charge in [-0.3, -0.25) is 4.79 Å². The first-order chi connectivity index (χ1) is 12.6. The Morgan fingerprint density at radius 2 is 1.77 bits per heavy atom. The number of hydrogen-bond acceptors (Lipinski definition) is 2. The monoisotopic (exact) mass is 345 g/mol. The zero-order chi connectivity index (χ0) is 18.1. The minimum absolute atomic E-state index is 0.266. The number of amides is 1. The Hall–Kier alpha value is -3.47. The molecular formula is C21H16FN3O. The van der Waals surface area contributed by atoms with Crippen LogP contribution in [-0.2, 0) is 6.42 Å². The summed E-state index contributed by atoms with van der Waals surface area (Å²) in [4.78, 5) is 11.3. The Bertz CT molecular complexity index is 1100. The molecule has 2 aromatic carbocycles. The van der Waals surface area contributed by atoms with Crippen molar-refractivity contribution in [3.05, 3.63) is 95.4 Å². The molecule has 128 valence electrons. The van der Waals surface area contributed by atoms with Crippen LogP contribution in [0.3, 0.4) is 0 Å². The molecular weight excluding hydrogens is 329 g/mol. The van der Waals surface area contributed by atoms with Gasteiger partial charge in [0.2, 0.25) is 5.91 Å². The van der Waals surface area contributed by atoms with Crippen LogP contribution < -0.4 is 5.73 Å². The predicted molar refractivity (Wildman–Crippen MR) is 98.4 cm³/mol. The van der Waals surface area contributed by atoms with Crippen molar-refractivity contribution in [3.8, 4) is 11.3 Å². The number of primary amides is 1. The molecule has 5 heteroatoms. The van der Waals surface area contributed by atoms with Gasteiger partial charge in [-0.1, -0.05) is 12.1 Å². The molecule has 2 N–H and O–H groups in total. The maximum absolute atomic E-state index is 13.1. The molecule has 0 bridgehead atoms. The molecule has 1 amide bonds. The van der Waals surface area contributed by atoms with Crippen LogP contribution >= 0.6 is 0 Å². The summed E-state index contributed by atoms with van der Waals surface area (Å²) in [6.45, 7) is 0. The standard InChI is InChI=1S/C21H16FN3O/c22-18-6-4-16(5-7-18)20-13-19-12-15(8-9-25(19)24-20)10-14-2-1-3-17(11-14)21(23)26/h1-9,11-13H,10H2,(H2,23,26). The molecule has 0 atom stereocenters. The molecule has 4 aromatic rings. The molecule has 26 heavy (non-hydrogen) atoms. The number of carbonyl (C=O) groups excluding carboxylic acids is 1. The number of halogens is 1. The third kappa shape index (κ3) is 3.19. The lowest BCUT2D eigenvalue weighted by Crippen LogP contribution is -2.11. The molecule has 4 rings (SSSR count). The summed E-state index contributed by atoms with van der Waals surface area (Å²) in [5.74, 6) is -0.694. The summed E-state index contributed by atoms with van der Waals surface area (Å²) in [5, 5.41) is 4.53. The highest BCUT2D eigenvalue weighted by molar-refractivity contribution is 5.92. The number of pyridine rings is 1. The number of carbonyl (C=O) groups is 1. The summed E-state index contributed by atoms with van der Waals surface area (Å²) in [7, 11) is 0. The quantitative estimate of drug-likeness (QED) is 0.611. The van der Waals surface area contributed by atoms with Gasteiger partial charge in [0.15, 0.2) is 0 Å². The largest absolute Gasteiger partial charge is 0.366 e. The second-order valence-corrected chi connectivity index (χ2v) is 6.18. The number of hydrogen-bond donors (Lipinski definition) is 1. The molecule has 2 aromatic heterocycles. The maximum Gasteiger partial charge on any atom is 0.248 e. The van der Waals surface area contributed by atoms with Crippen LogP contribution in [0.2, 0.25) is 0 Å². The van der Waals surface area contributed by atoms with Gasteiger partial charge in [0.1, 0.15) is 5.82 Å². The minimum atomic E-state index is -0.429. The van der Waals surface area contributed by atoms with Crippen LogP contribution in [0.1, 0.15) is 21.5 Å². The van der Waals surface area contributed by atoms with E-state index in [0.717, 1.165) is 27.9 Å². The lowest BCUT2D eigenvalue weighted by atomic mass is 10.0. The highest BCUT2D eigenvalue weighted by Crippen LogP contribution is 2.21. The molecule has 0 aliphatic carbocycles. The van der Waals surface area contributed by atoms with Crippen LogP contribution in [-0.4, -0.2) is 15.5 Å². The van der Waals surface area contributed by atoms with Crippen molar-refractivity contribution in [2.24, 2.45) is 5.73 Å². The number of nitrogens with zero attached hydrogens (tertiary/aromatic N) is 2. The van der Waals surface area contributed by atoms with Crippen molar-refractivity contribution in [2.45, 2.75) is 6.42 Å². The molecule has 0 fully saturated rings. The Balaban J connectivity index is 1.64. The molecule has 0 radical (unpaired) electrons. The van der Waals surface area contributed by atoms with Gasteiger partial charge >= 0.3 is 0 Å². The Labute approximate surface area is 149 Å². The molecule has 0 spiro atoms. The van der Waals surface area contributed by atoms with E-state index < -0.39 is 5.91 Å². The van der Waals surface area contributed by atoms with Crippen LogP contribution in [0.4, 0.5) is 4.39 Å². The normalized spacial score (nSPS) is 11.0. The van der Waals surface area contributed by atoms with E-state index in [1.54, 1.807) is 22.7 Å². The van der Waals surface area contributed by atoms with Crippen molar-refractivity contribution in [3.63, 3.8) is 0 Å². The minimum Gasteiger partial charge on any atom is -0.366 e. The van der Waals surface area contributed by atoms with Gasteiger partial charge in [-0.05, 0) is 72.1 Å². The van der Waals surface area contributed by atoms with Crippen molar-refractivity contribution in [1.29, 1.82) is 0 Å². The van der Waals surface area contributed by atoms with Crippen LogP contribution in [0.5, 0.6) is 0 Å². The van der Waals surface area contributed by atoms with Crippen molar-refractivity contribution >= 4 is 11.4 Å². The lowest BCUT2D eigenvalue weighted by Gasteiger charge is -2.04. The fourth-order valence-electron chi connectivity index (χ4n) is 2.98. The average Bonchev–Trinajstić information content (AvgIpc) is 3.06. The first-order valence-electron chi connectivity index (χ1n) is 8.21. The second kappa shape index (κ2) is 6.44. The van der Waals surface area contributed by atoms with Gasteiger partial charge in [0.25, 0.3) is 0 Å². The Morgan fingerprint density at radius 3 is 2.54 bits per heavy atom. The van der Waals surface area contributed by atoms with Gasteiger partial charge in [0, 0.05) is 17.3 Å². The Kier molecular flexibility index (Phi) is 3.97. The summed E-state index contributed by atoms with van der Waals surface area (Å²) in [6, 6.07) is 19.6. The van der Waals surface area contributed by atoms with Gasteiger partial charge in [0.05, 0.1) is 11.2 Å². The number of benzene rings is 2. The first kappa shape index (κ1) is 16.0. The van der Waals surface area contributed by atoms with E-state index >= 15 is 0 Å². The zero-order valence-corrected chi connectivity index (χ0v) is 13.9. The maximum atomic E-state index is 13.1. The van der Waals surface area contributed by atoms with Gasteiger partial charge in [-0.25, -0.2) is 8.91 Å². The highest BCUT2D eigenvalue weighted by Gasteiger charge is 2.07. The van der Waals surface area contributed by atoms with Gasteiger partial charge < -0.3 is 5.73 Å². The van der Waals surface area contributed by atoms with Crippen molar-refractivity contribution in [1.82, 2.24) is 9.61 Å². The van der Waals surface area contributed by atoms with Gasteiger partial charge in [-0.2, -0.15) is 5.10 Å². The van der Waals surface area contributed by atoms with E-state index in [0.29, 0.717) is 12.0 Å². The van der Waals surface area contributed by atoms with Crippen molar-refractivity contribution < 1.29 is 9.18 Å². The lowest BCUT2D eigenvalue weighted by molar-refractivity contribution is 0.1000. The van der Waals surface area contributed by atoms with Crippen LogP contribution in [0, 0.1) is 5.82 Å². The van der Waals surface area contributed by atoms with Crippen molar-refractivity contribution in [2.75, 3.05) is 0 Å². The molecule has 0 aliphatic heterocycles. The summed E-state index contributed by atoms with van der Waals surface area (Å²) < 4.78 is 14.9. The number of rotatable bonds is 4. The topological polar surface area (TPSA) is 60.4 Å². The molecule has 0 saturated heterocycles. The number of fused-ring (bicyclic) bond motifs is 1. The smallest absolute Gasteiger partial charge is 0.248 e. The van der Waals surface area contributed by atoms with Gasteiger partial charge in [-0.15, -0.1) is 0 Å². The van der Waals surface area contributed by atoms with E-state index in [9.17, 15) is 9.18 Å². The first-order valence-corrected chi connectivity index (χ1v) is 8.21. The molecule has 0 saturated carbocycles. The number of nitrogens with two attached hydrogens (primary N) is 1. The number of aromatic nitrogens is 2. The van der Waals surface area contributed by atoms with E-state index in [1.165, 1.54) is 12.1 Å². The SMILES string of the molecule is NC(=O)c1cccc(Cc2ccn3nc(-c4ccc(F)cc4)cc3c2)c1. The summed E-state index contributed by atoms with van der Waals surface area (Å²) in [5.41, 5.74) is 10.6. The summed E-state index contributed by atoms with van der Waals surface area (Å²) in [6.07, 6.45) is 2.59. The van der Waals surface area contributed by atoms with E-state index in [-0.39, 0.29) is 5.82 Å². The molecule has 4 nitrogen and oxygen atoms in total. The zero-order valence-electron chi connectivity index (χ0n) is 13.9. The highest BCUT2D eigenvalue weighted by atomic mass is 19.1. The van der Waals surface area contributed by atoms with E-state index in [1.807, 2.05) is 36.5 Å². The van der Waals surface area contributed by atoms with Crippen LogP contribution in [0.15, 0.2) is 72.9 Å². The third-order valence-electron chi connectivity index (χ3n) is 4.29. The molecule has 0 aliphatic rings. The molecule has 2 heterocycles. The average molecular weight is 345 g/mol. The fraction of sp³-hybridized carbons (Fsp3) is 0.0476.